The molecule has 1 aliphatic heterocycles. The first-order valence-corrected chi connectivity index (χ1v) is 17.1. The second kappa shape index (κ2) is 9.83. The fraction of sp³-hybridized carbons (Fsp3) is 0.0652. The van der Waals surface area contributed by atoms with Gasteiger partial charge in [-0.15, -0.1) is 0 Å². The molecule has 4 heteroatoms. The van der Waals surface area contributed by atoms with E-state index in [-0.39, 0.29) is 5.41 Å². The van der Waals surface area contributed by atoms with Crippen molar-refractivity contribution in [3.05, 3.63) is 157 Å². The Labute approximate surface area is 288 Å². The Bertz CT molecular complexity index is 2920. The predicted octanol–water partition coefficient (Wildman–Crippen LogP) is 12.3. The van der Waals surface area contributed by atoms with Crippen LogP contribution in [0.2, 0.25) is 0 Å². The molecule has 0 saturated heterocycles. The third kappa shape index (κ3) is 3.73. The van der Waals surface area contributed by atoms with E-state index in [0.29, 0.717) is 0 Å². The molecule has 4 nitrogen and oxygen atoms in total. The zero-order valence-corrected chi connectivity index (χ0v) is 27.6. The molecule has 0 unspecified atom stereocenters. The van der Waals surface area contributed by atoms with Crippen molar-refractivity contribution < 1.29 is 9.47 Å². The number of rotatable bonds is 2. The summed E-state index contributed by atoms with van der Waals surface area (Å²) in [5.74, 6) is 2.95. The Balaban J connectivity index is 1.03. The van der Waals surface area contributed by atoms with Gasteiger partial charge in [-0.1, -0.05) is 111 Å². The third-order valence-electron chi connectivity index (χ3n) is 10.8. The molecule has 9 aromatic rings. The number of hydrogen-bond donors (Lipinski definition) is 0. The number of imidazole rings is 1. The summed E-state index contributed by atoms with van der Waals surface area (Å²) in [5, 5.41) is 3.54. The maximum atomic E-state index is 6.76. The summed E-state index contributed by atoms with van der Waals surface area (Å²) in [6.07, 6.45) is 0. The first-order valence-electron chi connectivity index (χ1n) is 17.1. The highest BCUT2D eigenvalue weighted by Gasteiger charge is 2.37. The molecule has 0 bridgehead atoms. The van der Waals surface area contributed by atoms with Crippen LogP contribution in [0.15, 0.2) is 146 Å². The van der Waals surface area contributed by atoms with Crippen LogP contribution in [0, 0.1) is 0 Å². The lowest BCUT2D eigenvalue weighted by molar-refractivity contribution is 0.360. The molecule has 0 saturated carbocycles. The zero-order chi connectivity index (χ0) is 33.1. The molecular weight excluding hydrogens is 613 g/mol. The van der Waals surface area contributed by atoms with E-state index < -0.39 is 0 Å². The molecule has 2 aromatic heterocycles. The molecule has 1 aliphatic carbocycles. The largest absolute Gasteiger partial charge is 0.449 e. The molecule has 7 aromatic carbocycles. The highest BCUT2D eigenvalue weighted by atomic mass is 16.6. The Hall–Kier alpha value is -6.39. The number of aromatic nitrogens is 2. The van der Waals surface area contributed by atoms with Gasteiger partial charge >= 0.3 is 0 Å². The van der Waals surface area contributed by atoms with Crippen LogP contribution in [0.25, 0.3) is 71.7 Å². The Morgan fingerprint density at radius 2 is 1.22 bits per heavy atom. The maximum Gasteiger partial charge on any atom is 0.177 e. The van der Waals surface area contributed by atoms with Gasteiger partial charge in [0.15, 0.2) is 23.0 Å². The van der Waals surface area contributed by atoms with E-state index in [9.17, 15) is 0 Å². The second-order valence-electron chi connectivity index (χ2n) is 14.0. The molecule has 11 rings (SSSR count). The van der Waals surface area contributed by atoms with Crippen molar-refractivity contribution in [1.82, 2.24) is 9.38 Å². The number of ether oxygens (including phenoxy) is 2. The SMILES string of the molecule is CC1(C)c2ccccc2-c2cc3c(cc21)Oc1cccc(-c2cccc(-c4ccc5c6ccccc6n6c7ccccc7nc6c5c4)c2)c1O3. The minimum atomic E-state index is -0.112. The maximum absolute atomic E-state index is 6.76. The average Bonchev–Trinajstić information content (AvgIpc) is 3.66. The van der Waals surface area contributed by atoms with E-state index in [2.05, 4.69) is 152 Å². The molecule has 2 aliphatic rings. The summed E-state index contributed by atoms with van der Waals surface area (Å²) < 4.78 is 15.6. The fourth-order valence-electron chi connectivity index (χ4n) is 8.38. The molecule has 50 heavy (non-hydrogen) atoms. The van der Waals surface area contributed by atoms with Crippen molar-refractivity contribution in [1.29, 1.82) is 0 Å². The van der Waals surface area contributed by atoms with Crippen LogP contribution < -0.4 is 9.47 Å². The van der Waals surface area contributed by atoms with E-state index in [1.54, 1.807) is 0 Å². The van der Waals surface area contributed by atoms with Gasteiger partial charge in [0.05, 0.1) is 16.6 Å². The Kier molecular flexibility index (Phi) is 5.42. The summed E-state index contributed by atoms with van der Waals surface area (Å²) in [7, 11) is 0. The molecule has 0 amide bonds. The van der Waals surface area contributed by atoms with Gasteiger partial charge in [0.1, 0.15) is 5.65 Å². The molecule has 0 fully saturated rings. The Morgan fingerprint density at radius 1 is 0.480 bits per heavy atom. The lowest BCUT2D eigenvalue weighted by Gasteiger charge is -2.26. The second-order valence-corrected chi connectivity index (χ2v) is 14.0. The van der Waals surface area contributed by atoms with E-state index in [1.165, 1.54) is 33.0 Å². The van der Waals surface area contributed by atoms with Gasteiger partial charge in [-0.2, -0.15) is 0 Å². The first-order chi connectivity index (χ1) is 24.5. The molecule has 0 spiro atoms. The van der Waals surface area contributed by atoms with Gasteiger partial charge in [-0.3, -0.25) is 4.40 Å². The number of pyridine rings is 1. The van der Waals surface area contributed by atoms with Crippen LogP contribution in [0.1, 0.15) is 25.0 Å². The van der Waals surface area contributed by atoms with Crippen molar-refractivity contribution >= 4 is 38.4 Å². The van der Waals surface area contributed by atoms with E-state index in [1.807, 2.05) is 12.1 Å². The standard InChI is InChI=1S/C46H30N2O2/c1-46(2)36-16-5-3-13-32(36)34-25-42-43(26-37(34)46)49-41-20-10-15-30(44(41)50-42)29-12-9-11-27(23-29)28-21-22-31-33-14-4-7-18-39(33)48-40-19-8-6-17-38(40)47-45(48)35(31)24-28/h3-26H,1-2H3. The van der Waals surface area contributed by atoms with Crippen molar-refractivity contribution in [2.24, 2.45) is 0 Å². The van der Waals surface area contributed by atoms with Crippen molar-refractivity contribution in [3.63, 3.8) is 0 Å². The summed E-state index contributed by atoms with van der Waals surface area (Å²) in [6.45, 7) is 4.56. The summed E-state index contributed by atoms with van der Waals surface area (Å²) in [5.41, 5.74) is 13.5. The van der Waals surface area contributed by atoms with Gasteiger partial charge in [-0.25, -0.2) is 4.98 Å². The van der Waals surface area contributed by atoms with Gasteiger partial charge < -0.3 is 9.47 Å². The highest BCUT2D eigenvalue weighted by Crippen LogP contribution is 2.56. The minimum Gasteiger partial charge on any atom is -0.449 e. The van der Waals surface area contributed by atoms with Gasteiger partial charge in [0.25, 0.3) is 0 Å². The molecule has 0 radical (unpaired) electrons. The summed E-state index contributed by atoms with van der Waals surface area (Å²) in [6, 6.07) is 51.6. The van der Waals surface area contributed by atoms with Crippen molar-refractivity contribution in [2.75, 3.05) is 0 Å². The topological polar surface area (TPSA) is 35.8 Å². The molecule has 0 N–H and O–H groups in total. The number of hydrogen-bond acceptors (Lipinski definition) is 3. The number of para-hydroxylation sites is 4. The van der Waals surface area contributed by atoms with Gasteiger partial charge in [0, 0.05) is 21.8 Å². The highest BCUT2D eigenvalue weighted by molar-refractivity contribution is 6.14. The van der Waals surface area contributed by atoms with E-state index in [4.69, 9.17) is 14.5 Å². The monoisotopic (exact) mass is 642 g/mol. The Morgan fingerprint density at radius 3 is 2.16 bits per heavy atom. The van der Waals surface area contributed by atoms with Crippen LogP contribution in [0.3, 0.4) is 0 Å². The summed E-state index contributed by atoms with van der Waals surface area (Å²) >= 11 is 0. The normalized spacial score (nSPS) is 13.9. The fourth-order valence-corrected chi connectivity index (χ4v) is 8.38. The molecular formula is C46H30N2O2. The summed E-state index contributed by atoms with van der Waals surface area (Å²) in [4.78, 5) is 5.13. The first kappa shape index (κ1) is 27.5. The number of nitrogens with zero attached hydrogens (tertiary/aromatic N) is 2. The lowest BCUT2D eigenvalue weighted by Crippen LogP contribution is -2.15. The zero-order valence-electron chi connectivity index (χ0n) is 27.6. The van der Waals surface area contributed by atoms with Crippen LogP contribution in [0.5, 0.6) is 23.0 Å². The van der Waals surface area contributed by atoms with Gasteiger partial charge in [0.2, 0.25) is 0 Å². The van der Waals surface area contributed by atoms with Crippen LogP contribution in [-0.4, -0.2) is 9.38 Å². The molecule has 0 atom stereocenters. The lowest BCUT2D eigenvalue weighted by atomic mass is 9.82. The average molecular weight is 643 g/mol. The van der Waals surface area contributed by atoms with Gasteiger partial charge in [-0.05, 0) is 92.9 Å². The number of fused-ring (bicyclic) bond motifs is 13. The van der Waals surface area contributed by atoms with Crippen LogP contribution >= 0.6 is 0 Å². The van der Waals surface area contributed by atoms with Crippen LogP contribution in [-0.2, 0) is 5.41 Å². The molecule has 236 valence electrons. The van der Waals surface area contributed by atoms with E-state index >= 15 is 0 Å². The predicted molar refractivity (Wildman–Crippen MR) is 203 cm³/mol. The van der Waals surface area contributed by atoms with E-state index in [0.717, 1.165) is 72.8 Å². The van der Waals surface area contributed by atoms with Crippen molar-refractivity contribution in [2.45, 2.75) is 19.3 Å². The quantitative estimate of drug-likeness (QED) is 0.176. The minimum absolute atomic E-state index is 0.112. The van der Waals surface area contributed by atoms with Crippen molar-refractivity contribution in [3.8, 4) is 56.4 Å². The smallest absolute Gasteiger partial charge is 0.177 e. The third-order valence-corrected chi connectivity index (χ3v) is 10.8. The number of benzene rings is 7. The van der Waals surface area contributed by atoms with Crippen LogP contribution in [0.4, 0.5) is 0 Å². The molecule has 3 heterocycles.